The summed E-state index contributed by atoms with van der Waals surface area (Å²) in [7, 11) is -3.86. The predicted octanol–water partition coefficient (Wildman–Crippen LogP) is 3.41. The van der Waals surface area contributed by atoms with E-state index < -0.39 is 22.0 Å². The number of carbonyl (C=O) groups excluding carboxylic acids is 2. The monoisotopic (exact) mass is 477 g/mol. The zero-order valence-electron chi connectivity index (χ0n) is 17.7. The highest BCUT2D eigenvalue weighted by molar-refractivity contribution is 7.89. The van der Waals surface area contributed by atoms with Gasteiger partial charge in [-0.15, -0.1) is 0 Å². The van der Waals surface area contributed by atoms with Crippen molar-refractivity contribution in [2.24, 2.45) is 5.92 Å². The molecule has 0 unspecified atom stereocenters. The maximum atomic E-state index is 13.4. The van der Waals surface area contributed by atoms with Gasteiger partial charge in [-0.2, -0.15) is 4.31 Å². The normalized spacial score (nSPS) is 21.3. The quantitative estimate of drug-likeness (QED) is 0.702. The molecule has 4 rings (SSSR count). The number of benzene rings is 2. The first-order valence-corrected chi connectivity index (χ1v) is 12.2. The van der Waals surface area contributed by atoms with Gasteiger partial charge < -0.3 is 15.4 Å². The summed E-state index contributed by atoms with van der Waals surface area (Å²) in [6.45, 7) is 3.69. The standard InChI is InChI=1S/C22H24ClN3O5S/c1-13-10-18-19(31-14(2)21(27)25-18)11-20(13)32(29,30)26-9-3-4-15(12-26)22(28)24-17-7-5-16(23)6-8-17/h5-8,10-11,14-15H,3-4,9,12H2,1-2H3,(H,24,28)(H,25,27)/t14-,15+/m1/s1. The van der Waals surface area contributed by atoms with E-state index in [1.165, 1.54) is 10.4 Å². The number of nitrogens with one attached hydrogen (secondary N) is 2. The van der Waals surface area contributed by atoms with E-state index in [0.29, 0.717) is 47.1 Å². The average Bonchev–Trinajstić information content (AvgIpc) is 2.76. The molecule has 1 fully saturated rings. The molecule has 0 saturated carbocycles. The van der Waals surface area contributed by atoms with Crippen LogP contribution in [-0.2, 0) is 19.6 Å². The van der Waals surface area contributed by atoms with Crippen LogP contribution in [0.25, 0.3) is 0 Å². The summed E-state index contributed by atoms with van der Waals surface area (Å²) >= 11 is 5.88. The smallest absolute Gasteiger partial charge is 0.265 e. The van der Waals surface area contributed by atoms with Gasteiger partial charge >= 0.3 is 0 Å². The van der Waals surface area contributed by atoms with Crippen LogP contribution < -0.4 is 15.4 Å². The second kappa shape index (κ2) is 8.73. The number of hydrogen-bond donors (Lipinski definition) is 2. The van der Waals surface area contributed by atoms with E-state index in [0.717, 1.165) is 0 Å². The first-order chi connectivity index (χ1) is 15.1. The van der Waals surface area contributed by atoms with Crippen LogP contribution in [0, 0.1) is 12.8 Å². The third-order valence-electron chi connectivity index (χ3n) is 5.69. The Balaban J connectivity index is 1.54. The van der Waals surface area contributed by atoms with Crippen LogP contribution in [0.4, 0.5) is 11.4 Å². The van der Waals surface area contributed by atoms with E-state index in [4.69, 9.17) is 16.3 Å². The third-order valence-corrected chi connectivity index (χ3v) is 7.95. The van der Waals surface area contributed by atoms with Gasteiger partial charge in [0.15, 0.2) is 6.10 Å². The second-order valence-corrected chi connectivity index (χ2v) is 10.4. The Labute approximate surface area is 191 Å². The molecule has 170 valence electrons. The Kier molecular flexibility index (Phi) is 6.15. The SMILES string of the molecule is Cc1cc2c(cc1S(=O)(=O)N1CCC[C@H](C(=O)Nc3ccc(Cl)cc3)C1)O[C@H](C)C(=O)N2. The average molecular weight is 478 g/mol. The number of rotatable bonds is 4. The maximum Gasteiger partial charge on any atom is 0.265 e. The summed E-state index contributed by atoms with van der Waals surface area (Å²) in [6, 6.07) is 9.81. The van der Waals surface area contributed by atoms with Gasteiger partial charge in [0, 0.05) is 29.9 Å². The van der Waals surface area contributed by atoms with Gasteiger partial charge in [-0.1, -0.05) is 11.6 Å². The number of aryl methyl sites for hydroxylation is 1. The molecule has 1 saturated heterocycles. The largest absolute Gasteiger partial charge is 0.479 e. The Bertz CT molecular complexity index is 1170. The lowest BCUT2D eigenvalue weighted by Crippen LogP contribution is -2.44. The predicted molar refractivity (Wildman–Crippen MR) is 121 cm³/mol. The van der Waals surface area contributed by atoms with Gasteiger partial charge in [0.05, 0.1) is 16.5 Å². The van der Waals surface area contributed by atoms with Crippen molar-refractivity contribution in [2.75, 3.05) is 23.7 Å². The minimum absolute atomic E-state index is 0.0896. The lowest BCUT2D eigenvalue weighted by Gasteiger charge is -2.32. The number of halogens is 1. The van der Waals surface area contributed by atoms with Gasteiger partial charge in [-0.05, 0) is 62.6 Å². The molecule has 2 atom stereocenters. The molecule has 0 aromatic heterocycles. The van der Waals surface area contributed by atoms with Gasteiger partial charge in [0.25, 0.3) is 5.91 Å². The van der Waals surface area contributed by atoms with Crippen LogP contribution >= 0.6 is 11.6 Å². The van der Waals surface area contributed by atoms with Crippen molar-refractivity contribution >= 4 is 44.8 Å². The van der Waals surface area contributed by atoms with E-state index in [1.807, 2.05) is 0 Å². The van der Waals surface area contributed by atoms with E-state index in [9.17, 15) is 18.0 Å². The lowest BCUT2D eigenvalue weighted by atomic mass is 9.99. The van der Waals surface area contributed by atoms with Crippen LogP contribution in [0.1, 0.15) is 25.3 Å². The number of anilines is 2. The molecule has 32 heavy (non-hydrogen) atoms. The van der Waals surface area contributed by atoms with Crippen LogP contribution in [0.2, 0.25) is 5.02 Å². The van der Waals surface area contributed by atoms with Crippen molar-refractivity contribution in [3.05, 3.63) is 47.0 Å². The molecule has 0 radical (unpaired) electrons. The summed E-state index contributed by atoms with van der Waals surface area (Å²) in [5.74, 6) is -0.662. The second-order valence-electron chi connectivity index (χ2n) is 8.06. The Morgan fingerprint density at radius 3 is 2.69 bits per heavy atom. The zero-order valence-corrected chi connectivity index (χ0v) is 19.3. The molecule has 0 bridgehead atoms. The zero-order chi connectivity index (χ0) is 23.0. The number of nitrogens with zero attached hydrogens (tertiary/aromatic N) is 1. The molecular formula is C22H24ClN3O5S. The fourth-order valence-corrected chi connectivity index (χ4v) is 5.78. The van der Waals surface area contributed by atoms with Crippen LogP contribution in [0.15, 0.2) is 41.3 Å². The van der Waals surface area contributed by atoms with Gasteiger partial charge in [-0.3, -0.25) is 9.59 Å². The van der Waals surface area contributed by atoms with Crippen LogP contribution in [0.5, 0.6) is 5.75 Å². The van der Waals surface area contributed by atoms with E-state index in [-0.39, 0.29) is 23.3 Å². The number of sulfonamides is 1. The highest BCUT2D eigenvalue weighted by atomic mass is 35.5. The summed E-state index contributed by atoms with van der Waals surface area (Å²) in [5, 5.41) is 6.12. The highest BCUT2D eigenvalue weighted by Crippen LogP contribution is 2.36. The molecule has 2 aromatic rings. The first-order valence-electron chi connectivity index (χ1n) is 10.3. The molecular weight excluding hydrogens is 454 g/mol. The molecule has 0 aliphatic carbocycles. The fourth-order valence-electron chi connectivity index (χ4n) is 3.91. The number of carbonyl (C=O) groups is 2. The molecule has 2 amide bonds. The topological polar surface area (TPSA) is 105 Å². The number of ether oxygens (including phenoxy) is 1. The summed E-state index contributed by atoms with van der Waals surface area (Å²) in [5.41, 5.74) is 1.55. The Morgan fingerprint density at radius 1 is 1.25 bits per heavy atom. The molecule has 8 nitrogen and oxygen atoms in total. The Morgan fingerprint density at radius 2 is 1.97 bits per heavy atom. The van der Waals surface area contributed by atoms with E-state index >= 15 is 0 Å². The highest BCUT2D eigenvalue weighted by Gasteiger charge is 2.35. The van der Waals surface area contributed by atoms with Crippen molar-refractivity contribution < 1.29 is 22.7 Å². The minimum Gasteiger partial charge on any atom is -0.479 e. The van der Waals surface area contributed by atoms with Crippen molar-refractivity contribution in [2.45, 2.75) is 37.7 Å². The number of fused-ring (bicyclic) bond motifs is 1. The summed E-state index contributed by atoms with van der Waals surface area (Å²) < 4.78 is 33.8. The molecule has 2 N–H and O–H groups in total. The summed E-state index contributed by atoms with van der Waals surface area (Å²) in [6.07, 6.45) is 0.462. The number of piperidine rings is 1. The van der Waals surface area contributed by atoms with Crippen molar-refractivity contribution in [1.29, 1.82) is 0 Å². The van der Waals surface area contributed by atoms with Crippen molar-refractivity contribution in [3.63, 3.8) is 0 Å². The molecule has 2 heterocycles. The molecule has 10 heteroatoms. The molecule has 0 spiro atoms. The number of amides is 2. The fraction of sp³-hybridized carbons (Fsp3) is 0.364. The van der Waals surface area contributed by atoms with E-state index in [2.05, 4.69) is 10.6 Å². The van der Waals surface area contributed by atoms with Crippen LogP contribution in [0.3, 0.4) is 0 Å². The lowest BCUT2D eigenvalue weighted by molar-refractivity contribution is -0.123. The molecule has 2 aromatic carbocycles. The summed E-state index contributed by atoms with van der Waals surface area (Å²) in [4.78, 5) is 24.7. The van der Waals surface area contributed by atoms with E-state index in [1.54, 1.807) is 44.2 Å². The number of hydrogen-bond acceptors (Lipinski definition) is 5. The van der Waals surface area contributed by atoms with Crippen molar-refractivity contribution in [3.8, 4) is 5.75 Å². The Hall–Kier alpha value is -2.62. The maximum absolute atomic E-state index is 13.4. The van der Waals surface area contributed by atoms with Gasteiger partial charge in [0.2, 0.25) is 15.9 Å². The van der Waals surface area contributed by atoms with Crippen LogP contribution in [-0.4, -0.2) is 43.7 Å². The molecule has 2 aliphatic rings. The first kappa shape index (κ1) is 22.6. The van der Waals surface area contributed by atoms with Gasteiger partial charge in [0.1, 0.15) is 5.75 Å². The minimum atomic E-state index is -3.86. The third kappa shape index (κ3) is 4.46. The van der Waals surface area contributed by atoms with Crippen molar-refractivity contribution in [1.82, 2.24) is 4.31 Å². The molecule has 2 aliphatic heterocycles. The van der Waals surface area contributed by atoms with Gasteiger partial charge in [-0.25, -0.2) is 8.42 Å².